The van der Waals surface area contributed by atoms with Gasteiger partial charge in [-0.2, -0.15) is 0 Å². The first-order valence-corrected chi connectivity index (χ1v) is 6.15. The van der Waals surface area contributed by atoms with Crippen LogP contribution in [0.3, 0.4) is 0 Å². The highest BCUT2D eigenvalue weighted by Crippen LogP contribution is 2.38. The fourth-order valence-corrected chi connectivity index (χ4v) is 2.69. The molecule has 84 valence electrons. The molecule has 0 spiro atoms. The van der Waals surface area contributed by atoms with Crippen LogP contribution in [0.1, 0.15) is 6.42 Å². The van der Waals surface area contributed by atoms with Gasteiger partial charge in [-0.15, -0.1) is 0 Å². The van der Waals surface area contributed by atoms with E-state index in [2.05, 4.69) is 10.3 Å². The first-order valence-electron chi connectivity index (χ1n) is 5.33. The lowest BCUT2D eigenvalue weighted by Gasteiger charge is -2.18. The van der Waals surface area contributed by atoms with Crippen molar-refractivity contribution in [3.63, 3.8) is 0 Å². The van der Waals surface area contributed by atoms with E-state index in [-0.39, 0.29) is 5.91 Å². The fraction of sp³-hybridized carbons (Fsp3) is 0.0769. The van der Waals surface area contributed by atoms with Gasteiger partial charge in [-0.25, -0.2) is 0 Å². The predicted octanol–water partition coefficient (Wildman–Crippen LogP) is 2.97. The average Bonchev–Trinajstić information content (AvgIpc) is 2.83. The van der Waals surface area contributed by atoms with Gasteiger partial charge in [0.25, 0.3) is 5.91 Å². The summed E-state index contributed by atoms with van der Waals surface area (Å²) >= 11 is 1.50. The van der Waals surface area contributed by atoms with Crippen molar-refractivity contribution in [2.45, 2.75) is 11.3 Å². The summed E-state index contributed by atoms with van der Waals surface area (Å²) in [4.78, 5) is 17.7. The van der Waals surface area contributed by atoms with Crippen LogP contribution in [0, 0.1) is 0 Å². The standard InChI is InChI=1S/C13H10N2OS/c16-13-12(7-9-5-6-14-8-9)17-11-4-2-1-3-10(11)15-13/h1-4,6-8H,5H2,(H,15,16). The molecular weight excluding hydrogens is 232 g/mol. The molecular formula is C13H10N2OS. The van der Waals surface area contributed by atoms with Crippen LogP contribution in [0.4, 0.5) is 5.69 Å². The minimum absolute atomic E-state index is 0.0403. The van der Waals surface area contributed by atoms with Crippen LogP contribution in [-0.4, -0.2) is 12.1 Å². The number of hydrogen-bond acceptors (Lipinski definition) is 3. The van der Waals surface area contributed by atoms with Crippen LogP contribution >= 0.6 is 11.8 Å². The monoisotopic (exact) mass is 242 g/mol. The average molecular weight is 242 g/mol. The lowest BCUT2D eigenvalue weighted by molar-refractivity contribution is -0.112. The van der Waals surface area contributed by atoms with Crippen molar-refractivity contribution in [2.24, 2.45) is 4.99 Å². The highest BCUT2D eigenvalue weighted by molar-refractivity contribution is 8.04. The molecule has 4 heteroatoms. The zero-order valence-electron chi connectivity index (χ0n) is 9.01. The van der Waals surface area contributed by atoms with Crippen LogP contribution in [0.2, 0.25) is 0 Å². The summed E-state index contributed by atoms with van der Waals surface area (Å²) in [6, 6.07) is 7.81. The SMILES string of the molecule is O=C1Nc2ccccc2SC1=CC1=CN=CC1. The van der Waals surface area contributed by atoms with Crippen LogP contribution in [0.5, 0.6) is 0 Å². The normalized spacial score (nSPS) is 20.1. The molecule has 0 aromatic heterocycles. The van der Waals surface area contributed by atoms with E-state index in [0.717, 1.165) is 27.5 Å². The van der Waals surface area contributed by atoms with Gasteiger partial charge in [-0.1, -0.05) is 23.9 Å². The molecule has 3 rings (SSSR count). The summed E-state index contributed by atoms with van der Waals surface area (Å²) in [5.41, 5.74) is 1.96. The smallest absolute Gasteiger partial charge is 0.262 e. The van der Waals surface area contributed by atoms with E-state index in [0.29, 0.717) is 0 Å². The molecule has 0 saturated carbocycles. The second-order valence-corrected chi connectivity index (χ2v) is 4.88. The molecule has 0 atom stereocenters. The highest BCUT2D eigenvalue weighted by atomic mass is 32.2. The number of para-hydroxylation sites is 1. The molecule has 3 nitrogen and oxygen atoms in total. The van der Waals surface area contributed by atoms with Crippen LogP contribution < -0.4 is 5.32 Å². The van der Waals surface area contributed by atoms with Crippen molar-refractivity contribution in [1.82, 2.24) is 0 Å². The quantitative estimate of drug-likeness (QED) is 0.769. The number of benzene rings is 1. The summed E-state index contributed by atoms with van der Waals surface area (Å²) in [5.74, 6) is -0.0403. The number of rotatable bonds is 1. The molecule has 0 saturated heterocycles. The molecule has 0 unspecified atom stereocenters. The Hall–Kier alpha value is -1.81. The number of fused-ring (bicyclic) bond motifs is 1. The third-order valence-electron chi connectivity index (χ3n) is 2.57. The van der Waals surface area contributed by atoms with Gasteiger partial charge in [0.2, 0.25) is 0 Å². The number of allylic oxidation sites excluding steroid dienone is 2. The first-order chi connectivity index (χ1) is 8.33. The second-order valence-electron chi connectivity index (χ2n) is 3.80. The van der Waals surface area contributed by atoms with Gasteiger partial charge in [-0.05, 0) is 23.8 Å². The van der Waals surface area contributed by atoms with E-state index in [4.69, 9.17) is 0 Å². The molecule has 17 heavy (non-hydrogen) atoms. The van der Waals surface area contributed by atoms with Crippen LogP contribution in [0.25, 0.3) is 0 Å². The topological polar surface area (TPSA) is 41.5 Å². The summed E-state index contributed by atoms with van der Waals surface area (Å²) in [6.07, 6.45) is 6.34. The van der Waals surface area contributed by atoms with Crippen molar-refractivity contribution in [3.8, 4) is 0 Å². The zero-order valence-corrected chi connectivity index (χ0v) is 9.83. The Bertz CT molecular complexity index is 573. The van der Waals surface area contributed by atoms with E-state index in [1.54, 1.807) is 6.20 Å². The molecule has 0 fully saturated rings. The summed E-state index contributed by atoms with van der Waals surface area (Å²) in [5, 5.41) is 2.89. The minimum atomic E-state index is -0.0403. The lowest BCUT2D eigenvalue weighted by atomic mass is 10.2. The van der Waals surface area contributed by atoms with Gasteiger partial charge in [0.15, 0.2) is 0 Å². The lowest BCUT2D eigenvalue weighted by Crippen LogP contribution is -2.17. The van der Waals surface area contributed by atoms with Crippen molar-refractivity contribution in [1.29, 1.82) is 0 Å². The maximum absolute atomic E-state index is 11.9. The Morgan fingerprint density at radius 1 is 1.35 bits per heavy atom. The van der Waals surface area contributed by atoms with Crippen molar-refractivity contribution < 1.29 is 4.79 Å². The van der Waals surface area contributed by atoms with Gasteiger partial charge in [-0.3, -0.25) is 9.79 Å². The van der Waals surface area contributed by atoms with Crippen LogP contribution in [0.15, 0.2) is 56.9 Å². The Morgan fingerprint density at radius 3 is 3.06 bits per heavy atom. The molecule has 2 aliphatic heterocycles. The van der Waals surface area contributed by atoms with E-state index in [1.807, 2.05) is 36.6 Å². The number of amides is 1. The molecule has 2 aliphatic rings. The van der Waals surface area contributed by atoms with Gasteiger partial charge in [0.1, 0.15) is 0 Å². The first kappa shape index (κ1) is 10.4. The predicted molar refractivity (Wildman–Crippen MR) is 70.2 cm³/mol. The summed E-state index contributed by atoms with van der Waals surface area (Å²) in [6.45, 7) is 0. The van der Waals surface area contributed by atoms with E-state index in [9.17, 15) is 4.79 Å². The van der Waals surface area contributed by atoms with Crippen molar-refractivity contribution in [3.05, 3.63) is 47.0 Å². The molecule has 0 bridgehead atoms. The Morgan fingerprint density at radius 2 is 2.24 bits per heavy atom. The van der Waals surface area contributed by atoms with Gasteiger partial charge >= 0.3 is 0 Å². The second kappa shape index (κ2) is 4.22. The number of nitrogens with zero attached hydrogens (tertiary/aromatic N) is 1. The number of carbonyl (C=O) groups excluding carboxylic acids is 1. The minimum Gasteiger partial charge on any atom is -0.320 e. The largest absolute Gasteiger partial charge is 0.320 e. The van der Waals surface area contributed by atoms with Crippen LogP contribution in [-0.2, 0) is 4.79 Å². The summed E-state index contributed by atoms with van der Waals surface area (Å²) < 4.78 is 0. The Balaban J connectivity index is 1.92. The maximum Gasteiger partial charge on any atom is 0.262 e. The Labute approximate surface area is 103 Å². The third kappa shape index (κ3) is 2.03. The van der Waals surface area contributed by atoms with E-state index >= 15 is 0 Å². The molecule has 1 aromatic carbocycles. The molecule has 0 radical (unpaired) electrons. The maximum atomic E-state index is 11.9. The highest BCUT2D eigenvalue weighted by Gasteiger charge is 2.20. The molecule has 1 amide bonds. The van der Waals surface area contributed by atoms with Gasteiger partial charge in [0.05, 0.1) is 10.6 Å². The molecule has 1 N–H and O–H groups in total. The molecule has 0 aliphatic carbocycles. The van der Waals surface area contributed by atoms with E-state index < -0.39 is 0 Å². The number of aliphatic imine (C=N–C) groups is 1. The number of nitrogens with one attached hydrogen (secondary N) is 1. The number of hydrogen-bond donors (Lipinski definition) is 1. The van der Waals surface area contributed by atoms with Gasteiger partial charge < -0.3 is 5.32 Å². The molecule has 2 heterocycles. The molecule has 1 aromatic rings. The Kier molecular flexibility index (Phi) is 2.57. The summed E-state index contributed by atoms with van der Waals surface area (Å²) in [7, 11) is 0. The van der Waals surface area contributed by atoms with Gasteiger partial charge in [0, 0.05) is 23.7 Å². The van der Waals surface area contributed by atoms with Crippen molar-refractivity contribution >= 4 is 29.6 Å². The number of thioether (sulfide) groups is 1. The zero-order chi connectivity index (χ0) is 11.7. The van der Waals surface area contributed by atoms with E-state index in [1.165, 1.54) is 11.8 Å². The van der Waals surface area contributed by atoms with Crippen molar-refractivity contribution in [2.75, 3.05) is 5.32 Å². The number of anilines is 1. The fourth-order valence-electron chi connectivity index (χ4n) is 1.73. The third-order valence-corrected chi connectivity index (χ3v) is 3.67. The number of carbonyl (C=O) groups is 1.